The van der Waals surface area contributed by atoms with Crippen LogP contribution in [-0.2, 0) is 9.47 Å². The Morgan fingerprint density at radius 3 is 2.58 bits per heavy atom. The van der Waals surface area contributed by atoms with E-state index in [-0.39, 0.29) is 5.97 Å². The number of carbonyl (C=O) groups excluding carboxylic acids is 1. The zero-order valence-corrected chi connectivity index (χ0v) is 22.4. The topological polar surface area (TPSA) is 111 Å². The second kappa shape index (κ2) is 12.6. The number of nitrogens with one attached hydrogen (secondary N) is 2. The summed E-state index contributed by atoms with van der Waals surface area (Å²) in [6.07, 6.45) is 0. The van der Waals surface area contributed by atoms with Gasteiger partial charge in [0, 0.05) is 72.5 Å². The van der Waals surface area contributed by atoms with Gasteiger partial charge in [0.15, 0.2) is 5.13 Å². The fourth-order valence-corrected chi connectivity index (χ4v) is 5.02. The number of carbonyl (C=O) groups is 1. The van der Waals surface area contributed by atoms with Gasteiger partial charge in [0.05, 0.1) is 25.5 Å². The van der Waals surface area contributed by atoms with Gasteiger partial charge in [0.1, 0.15) is 16.5 Å². The maximum Gasteiger partial charge on any atom is 0.350 e. The lowest BCUT2D eigenvalue weighted by atomic mass is 10.3. The normalized spacial score (nSPS) is 17.4. The number of aromatic nitrogens is 3. The summed E-state index contributed by atoms with van der Waals surface area (Å²) in [6, 6.07) is 2.01. The highest BCUT2D eigenvalue weighted by atomic mass is 32.1. The molecule has 36 heavy (non-hydrogen) atoms. The molecule has 2 aromatic rings. The third-order valence-electron chi connectivity index (χ3n) is 6.17. The van der Waals surface area contributed by atoms with Crippen LogP contribution in [0.5, 0.6) is 0 Å². The van der Waals surface area contributed by atoms with Crippen molar-refractivity contribution in [2.75, 3.05) is 102 Å². The Kier molecular flexibility index (Phi) is 9.26. The third kappa shape index (κ3) is 7.01. The molecular formula is C23H37N9O3S. The minimum Gasteiger partial charge on any atom is -0.462 e. The predicted molar refractivity (Wildman–Crippen MR) is 141 cm³/mol. The molecule has 2 aliphatic rings. The number of anilines is 4. The highest BCUT2D eigenvalue weighted by Crippen LogP contribution is 2.27. The highest BCUT2D eigenvalue weighted by Gasteiger charge is 2.22. The van der Waals surface area contributed by atoms with Crippen molar-refractivity contribution in [3.8, 4) is 0 Å². The summed E-state index contributed by atoms with van der Waals surface area (Å²) in [5.41, 5.74) is 0.626. The number of aryl methyl sites for hydroxylation is 1. The minimum absolute atomic E-state index is 0.324. The Hall–Kier alpha value is -2.58. The van der Waals surface area contributed by atoms with Crippen molar-refractivity contribution >= 4 is 40.0 Å². The van der Waals surface area contributed by atoms with E-state index >= 15 is 0 Å². The van der Waals surface area contributed by atoms with Gasteiger partial charge in [-0.1, -0.05) is 11.3 Å². The molecule has 0 amide bonds. The van der Waals surface area contributed by atoms with Crippen molar-refractivity contribution in [1.82, 2.24) is 29.9 Å². The molecule has 4 heterocycles. The Bertz CT molecular complexity index is 1000. The van der Waals surface area contributed by atoms with Crippen molar-refractivity contribution in [3.05, 3.63) is 16.6 Å². The maximum atomic E-state index is 12.2. The van der Waals surface area contributed by atoms with Crippen LogP contribution in [0.2, 0.25) is 0 Å². The third-order valence-corrected chi connectivity index (χ3v) is 7.23. The summed E-state index contributed by atoms with van der Waals surface area (Å²) < 4.78 is 10.6. The van der Waals surface area contributed by atoms with Crippen LogP contribution in [0.15, 0.2) is 6.07 Å². The monoisotopic (exact) mass is 519 g/mol. The maximum absolute atomic E-state index is 12.2. The number of nitrogens with zero attached hydrogens (tertiary/aromatic N) is 7. The number of hydrazine groups is 1. The molecule has 13 heteroatoms. The Labute approximate surface area is 216 Å². The van der Waals surface area contributed by atoms with Crippen molar-refractivity contribution in [3.63, 3.8) is 0 Å². The van der Waals surface area contributed by atoms with Crippen LogP contribution in [0.1, 0.15) is 22.3 Å². The average molecular weight is 520 g/mol. The van der Waals surface area contributed by atoms with Gasteiger partial charge in [-0.15, -0.1) is 0 Å². The first-order valence-corrected chi connectivity index (χ1v) is 13.3. The van der Waals surface area contributed by atoms with Crippen molar-refractivity contribution in [1.29, 1.82) is 0 Å². The largest absolute Gasteiger partial charge is 0.462 e. The van der Waals surface area contributed by atoms with Gasteiger partial charge in [-0.2, -0.15) is 9.97 Å². The number of ether oxygens (including phenoxy) is 2. The molecule has 198 valence electrons. The van der Waals surface area contributed by atoms with E-state index < -0.39 is 0 Å². The predicted octanol–water partition coefficient (Wildman–Crippen LogP) is 1.50. The summed E-state index contributed by atoms with van der Waals surface area (Å²) in [6.45, 7) is 12.7. The molecule has 2 aromatic heterocycles. The van der Waals surface area contributed by atoms with Gasteiger partial charge in [-0.05, 0) is 13.8 Å². The molecule has 0 aromatic carbocycles. The fraction of sp³-hybridized carbons (Fsp3) is 0.652. The zero-order chi connectivity index (χ0) is 25.5. The molecule has 2 fully saturated rings. The molecule has 0 bridgehead atoms. The molecule has 0 atom stereocenters. The van der Waals surface area contributed by atoms with Gasteiger partial charge in [0.2, 0.25) is 5.95 Å². The van der Waals surface area contributed by atoms with E-state index in [0.717, 1.165) is 77.2 Å². The van der Waals surface area contributed by atoms with E-state index in [1.54, 1.807) is 13.8 Å². The number of piperazine rings is 1. The first kappa shape index (κ1) is 26.5. The average Bonchev–Trinajstić information content (AvgIpc) is 3.24. The van der Waals surface area contributed by atoms with Crippen LogP contribution in [0, 0.1) is 6.92 Å². The molecule has 2 saturated heterocycles. The Morgan fingerprint density at radius 1 is 1.14 bits per heavy atom. The van der Waals surface area contributed by atoms with Gasteiger partial charge in [-0.3, -0.25) is 10.2 Å². The lowest BCUT2D eigenvalue weighted by Crippen LogP contribution is -2.51. The van der Waals surface area contributed by atoms with Gasteiger partial charge in [0.25, 0.3) is 0 Å². The second-order valence-corrected chi connectivity index (χ2v) is 9.88. The molecule has 0 aliphatic carbocycles. The van der Waals surface area contributed by atoms with Crippen LogP contribution in [0.3, 0.4) is 0 Å². The number of morpholine rings is 1. The van der Waals surface area contributed by atoms with Crippen molar-refractivity contribution in [2.24, 2.45) is 0 Å². The van der Waals surface area contributed by atoms with Crippen LogP contribution in [-0.4, -0.2) is 122 Å². The van der Waals surface area contributed by atoms with Crippen LogP contribution in [0.4, 0.5) is 22.7 Å². The highest BCUT2D eigenvalue weighted by molar-refractivity contribution is 7.17. The second-order valence-electron chi connectivity index (χ2n) is 8.88. The van der Waals surface area contributed by atoms with E-state index in [1.165, 1.54) is 11.3 Å². The number of rotatable bonds is 10. The molecule has 0 radical (unpaired) electrons. The standard InChI is InChI=1S/C23H37N9O3S/c1-5-35-21(33)20-17(2)25-23(36-20)28-22-26-18(24-6-7-30-12-14-34-15-13-30)16-19(27-22)31-8-10-32(11-9-31)29(3)4/h16H,5-15H2,1-4H3,(H2,24,25,26,27,28). The quantitative estimate of drug-likeness (QED) is 0.444. The SMILES string of the molecule is CCOC(=O)c1sc(Nc2nc(NCCN3CCOCC3)cc(N3CCN(N(C)C)CC3)n2)nc1C. The van der Waals surface area contributed by atoms with Crippen LogP contribution >= 0.6 is 11.3 Å². The molecule has 0 saturated carbocycles. The number of hydrogen-bond acceptors (Lipinski definition) is 13. The molecule has 4 rings (SSSR count). The molecule has 2 aliphatic heterocycles. The molecule has 2 N–H and O–H groups in total. The number of hydrogen-bond donors (Lipinski definition) is 2. The van der Waals surface area contributed by atoms with Gasteiger partial charge >= 0.3 is 5.97 Å². The Balaban J connectivity index is 1.49. The summed E-state index contributed by atoms with van der Waals surface area (Å²) >= 11 is 1.25. The molecule has 0 unspecified atom stereocenters. The first-order valence-electron chi connectivity index (χ1n) is 12.4. The summed E-state index contributed by atoms with van der Waals surface area (Å²) in [5.74, 6) is 1.70. The molecular weight excluding hydrogens is 482 g/mol. The van der Waals surface area contributed by atoms with Crippen molar-refractivity contribution < 1.29 is 14.3 Å². The molecule has 0 spiro atoms. The van der Waals surface area contributed by atoms with Crippen molar-refractivity contribution in [2.45, 2.75) is 13.8 Å². The molecule has 12 nitrogen and oxygen atoms in total. The smallest absolute Gasteiger partial charge is 0.350 e. The van der Waals surface area contributed by atoms with E-state index in [9.17, 15) is 4.79 Å². The van der Waals surface area contributed by atoms with Gasteiger partial charge in [-0.25, -0.2) is 19.8 Å². The van der Waals surface area contributed by atoms with Crippen LogP contribution < -0.4 is 15.5 Å². The van der Waals surface area contributed by atoms with E-state index in [2.05, 4.69) is 49.5 Å². The van der Waals surface area contributed by atoms with E-state index in [4.69, 9.17) is 19.4 Å². The van der Waals surface area contributed by atoms with E-state index in [1.807, 2.05) is 6.07 Å². The van der Waals surface area contributed by atoms with E-state index in [0.29, 0.717) is 28.3 Å². The zero-order valence-electron chi connectivity index (χ0n) is 21.6. The Morgan fingerprint density at radius 2 is 1.89 bits per heavy atom. The summed E-state index contributed by atoms with van der Waals surface area (Å²) in [4.78, 5) is 31.4. The lowest BCUT2D eigenvalue weighted by Gasteiger charge is -2.38. The number of esters is 1. The summed E-state index contributed by atoms with van der Waals surface area (Å²) in [5, 5.41) is 11.7. The first-order chi connectivity index (χ1) is 17.4. The number of thiazole rings is 1. The lowest BCUT2D eigenvalue weighted by molar-refractivity contribution is 0.0200. The summed E-state index contributed by atoms with van der Waals surface area (Å²) in [7, 11) is 4.14. The van der Waals surface area contributed by atoms with Gasteiger partial charge < -0.3 is 19.7 Å². The fourth-order valence-electron chi connectivity index (χ4n) is 4.17. The minimum atomic E-state index is -0.362. The van der Waals surface area contributed by atoms with Crippen LogP contribution in [0.25, 0.3) is 0 Å².